The van der Waals surface area contributed by atoms with Crippen molar-refractivity contribution in [1.82, 2.24) is 4.90 Å². The molecule has 0 aliphatic rings. The number of hydrogen-bond acceptors (Lipinski definition) is 1. The number of amides is 1. The van der Waals surface area contributed by atoms with Crippen LogP contribution in [-0.2, 0) is 13.1 Å². The molecule has 3 aromatic carbocycles. The molecule has 0 N–H and O–H groups in total. The van der Waals surface area contributed by atoms with E-state index in [1.54, 1.807) is 0 Å². The Morgan fingerprint density at radius 2 is 1.11 bits per heavy atom. The van der Waals surface area contributed by atoms with E-state index in [4.69, 9.17) is 0 Å². The first kappa shape index (κ1) is 31.8. The van der Waals surface area contributed by atoms with Crippen LogP contribution in [0, 0.1) is 48.5 Å². The number of unbranched alkanes of at least 4 members (excludes halogenated alkanes) is 1. The summed E-state index contributed by atoms with van der Waals surface area (Å²) in [6.45, 7) is 18.4. The summed E-state index contributed by atoms with van der Waals surface area (Å²) in [7, 11) is 4.63. The van der Waals surface area contributed by atoms with E-state index in [9.17, 15) is 4.79 Å². The van der Waals surface area contributed by atoms with Gasteiger partial charge in [0.05, 0.1) is 20.6 Å². The molecule has 0 aromatic heterocycles. The highest BCUT2D eigenvalue weighted by atomic mass is 79.9. The third-order valence-electron chi connectivity index (χ3n) is 7.17. The summed E-state index contributed by atoms with van der Waals surface area (Å²) in [5.74, 6) is 0.151. The molecule has 4 heteroatoms. The monoisotopic (exact) mass is 578 g/mol. The summed E-state index contributed by atoms with van der Waals surface area (Å²) in [6, 6.07) is 17.7. The minimum Gasteiger partial charge on any atom is -1.00 e. The summed E-state index contributed by atoms with van der Waals surface area (Å²) in [5, 5.41) is 0. The molecule has 206 valence electrons. The van der Waals surface area contributed by atoms with Gasteiger partial charge in [-0.3, -0.25) is 4.79 Å². The molecular formula is C34H47BrN2O. The zero-order valence-corrected chi connectivity index (χ0v) is 26.6. The molecule has 0 radical (unpaired) electrons. The Morgan fingerprint density at radius 1 is 0.658 bits per heavy atom. The van der Waals surface area contributed by atoms with Gasteiger partial charge in [-0.15, -0.1) is 0 Å². The summed E-state index contributed by atoms with van der Waals surface area (Å²) >= 11 is 0. The molecule has 0 fully saturated rings. The van der Waals surface area contributed by atoms with Crippen molar-refractivity contribution in [3.05, 3.63) is 104 Å². The second-order valence-electron chi connectivity index (χ2n) is 12.0. The Hall–Kier alpha value is -2.43. The second-order valence-corrected chi connectivity index (χ2v) is 12.0. The third kappa shape index (κ3) is 9.10. The SMILES string of the molecule is Cc1cc(C)cc(CN(CCCC[N+](C)(C)Cc2cc(C)cc(C)c2)C(=O)c2c(C)cc(C)cc2C)c1.[Br-]. The van der Waals surface area contributed by atoms with E-state index in [-0.39, 0.29) is 22.9 Å². The second kappa shape index (κ2) is 13.6. The summed E-state index contributed by atoms with van der Waals surface area (Å²) in [4.78, 5) is 16.0. The number of aryl methyl sites for hydroxylation is 7. The number of carbonyl (C=O) groups excluding carboxylic acids is 1. The average molecular weight is 580 g/mol. The number of nitrogens with zero attached hydrogens (tertiary/aromatic N) is 2. The molecule has 0 atom stereocenters. The van der Waals surface area contributed by atoms with Gasteiger partial charge in [0.15, 0.2) is 0 Å². The number of halogens is 1. The van der Waals surface area contributed by atoms with Crippen molar-refractivity contribution in [3.8, 4) is 0 Å². The highest BCUT2D eigenvalue weighted by molar-refractivity contribution is 5.97. The molecule has 3 aromatic rings. The quantitative estimate of drug-likeness (QED) is 0.255. The van der Waals surface area contributed by atoms with Gasteiger partial charge in [-0.25, -0.2) is 0 Å². The van der Waals surface area contributed by atoms with Crippen LogP contribution in [-0.4, -0.2) is 42.5 Å². The fourth-order valence-corrected chi connectivity index (χ4v) is 5.88. The van der Waals surface area contributed by atoms with Crippen molar-refractivity contribution in [2.45, 2.75) is 74.4 Å². The summed E-state index contributed by atoms with van der Waals surface area (Å²) in [5.41, 5.74) is 12.0. The Bertz CT molecular complexity index is 1200. The van der Waals surface area contributed by atoms with Gasteiger partial charge in [0.1, 0.15) is 6.54 Å². The van der Waals surface area contributed by atoms with Crippen molar-refractivity contribution < 1.29 is 26.3 Å². The molecule has 0 unspecified atom stereocenters. The number of benzene rings is 3. The van der Waals surface area contributed by atoms with Crippen LogP contribution in [0.4, 0.5) is 0 Å². The largest absolute Gasteiger partial charge is 1.00 e. The van der Waals surface area contributed by atoms with E-state index in [1.807, 2.05) is 0 Å². The Labute approximate surface area is 242 Å². The molecule has 0 heterocycles. The van der Waals surface area contributed by atoms with Gasteiger partial charge in [-0.1, -0.05) is 76.3 Å². The van der Waals surface area contributed by atoms with Crippen LogP contribution in [0.3, 0.4) is 0 Å². The van der Waals surface area contributed by atoms with Crippen LogP contribution in [0.2, 0.25) is 0 Å². The number of carbonyl (C=O) groups is 1. The Kier molecular flexibility index (Phi) is 11.4. The van der Waals surface area contributed by atoms with E-state index < -0.39 is 0 Å². The maximum Gasteiger partial charge on any atom is 0.254 e. The lowest BCUT2D eigenvalue weighted by Crippen LogP contribution is -3.00. The van der Waals surface area contributed by atoms with Gasteiger partial charge < -0.3 is 26.4 Å². The van der Waals surface area contributed by atoms with Gasteiger partial charge in [0.2, 0.25) is 0 Å². The molecule has 0 spiro atoms. The van der Waals surface area contributed by atoms with Crippen molar-refractivity contribution in [3.63, 3.8) is 0 Å². The summed E-state index contributed by atoms with van der Waals surface area (Å²) < 4.78 is 0.949. The first-order chi connectivity index (χ1) is 17.3. The predicted octanol–water partition coefficient (Wildman–Crippen LogP) is 4.55. The minimum absolute atomic E-state index is 0. The third-order valence-corrected chi connectivity index (χ3v) is 7.17. The highest BCUT2D eigenvalue weighted by Crippen LogP contribution is 2.22. The van der Waals surface area contributed by atoms with E-state index >= 15 is 0 Å². The van der Waals surface area contributed by atoms with Crippen LogP contribution in [0.25, 0.3) is 0 Å². The molecule has 3 rings (SSSR count). The van der Waals surface area contributed by atoms with Crippen LogP contribution >= 0.6 is 0 Å². The first-order valence-corrected chi connectivity index (χ1v) is 13.7. The smallest absolute Gasteiger partial charge is 0.254 e. The predicted molar refractivity (Wildman–Crippen MR) is 157 cm³/mol. The number of hydrogen-bond donors (Lipinski definition) is 0. The standard InChI is InChI=1S/C34H47N2O.BrH/c1-24-14-25(2)19-31(18-24)22-35(34(37)33-29(6)16-28(5)17-30(33)7)12-10-11-13-36(8,9)23-32-20-26(3)15-27(4)21-32;/h14-21H,10-13,22-23H2,1-9H3;1H/q+1;/p-1. The molecule has 1 amide bonds. The van der Waals surface area contributed by atoms with E-state index in [0.29, 0.717) is 6.54 Å². The lowest BCUT2D eigenvalue weighted by molar-refractivity contribution is -0.903. The van der Waals surface area contributed by atoms with E-state index in [1.165, 1.54) is 38.9 Å². The van der Waals surface area contributed by atoms with Crippen molar-refractivity contribution in [1.29, 1.82) is 0 Å². The highest BCUT2D eigenvalue weighted by Gasteiger charge is 2.22. The molecule has 0 bridgehead atoms. The van der Waals surface area contributed by atoms with Gasteiger partial charge in [0, 0.05) is 24.2 Å². The topological polar surface area (TPSA) is 20.3 Å². The van der Waals surface area contributed by atoms with Crippen molar-refractivity contribution in [2.75, 3.05) is 27.2 Å². The molecule has 3 nitrogen and oxygen atoms in total. The number of rotatable bonds is 10. The van der Waals surface area contributed by atoms with E-state index in [0.717, 1.165) is 53.6 Å². The Balaban J connectivity index is 0.00000507. The zero-order valence-electron chi connectivity index (χ0n) is 25.0. The molecule has 0 saturated carbocycles. The molecule has 38 heavy (non-hydrogen) atoms. The van der Waals surface area contributed by atoms with Crippen molar-refractivity contribution in [2.24, 2.45) is 0 Å². The van der Waals surface area contributed by atoms with Crippen LogP contribution < -0.4 is 17.0 Å². The normalized spacial score (nSPS) is 11.3. The van der Waals surface area contributed by atoms with Crippen LogP contribution in [0.15, 0.2) is 48.5 Å². The van der Waals surface area contributed by atoms with Gasteiger partial charge in [0.25, 0.3) is 5.91 Å². The van der Waals surface area contributed by atoms with E-state index in [2.05, 4.69) is 116 Å². The lowest BCUT2D eigenvalue weighted by atomic mass is 9.98. The molecule has 0 saturated heterocycles. The van der Waals surface area contributed by atoms with Crippen LogP contribution in [0.5, 0.6) is 0 Å². The average Bonchev–Trinajstić information content (AvgIpc) is 2.73. The first-order valence-electron chi connectivity index (χ1n) is 13.7. The fourth-order valence-electron chi connectivity index (χ4n) is 5.88. The maximum absolute atomic E-state index is 13.9. The summed E-state index contributed by atoms with van der Waals surface area (Å²) in [6.07, 6.45) is 2.08. The lowest BCUT2D eigenvalue weighted by Gasteiger charge is -2.31. The Morgan fingerprint density at radius 3 is 1.61 bits per heavy atom. The fraction of sp³-hybridized carbons (Fsp3) is 0.441. The van der Waals surface area contributed by atoms with Gasteiger partial charge in [-0.05, 0) is 78.0 Å². The minimum atomic E-state index is 0. The molecule has 0 aliphatic heterocycles. The molecular weight excluding hydrogens is 532 g/mol. The zero-order chi connectivity index (χ0) is 27.3. The van der Waals surface area contributed by atoms with Crippen molar-refractivity contribution >= 4 is 5.91 Å². The maximum atomic E-state index is 13.9. The van der Waals surface area contributed by atoms with Crippen LogP contribution in [0.1, 0.15) is 73.3 Å². The molecule has 0 aliphatic carbocycles. The number of quaternary nitrogens is 1. The van der Waals surface area contributed by atoms with Gasteiger partial charge in [-0.2, -0.15) is 0 Å². The van der Waals surface area contributed by atoms with Gasteiger partial charge >= 0.3 is 0 Å².